The number of carbonyl (C=O) groups is 1. The Morgan fingerprint density at radius 1 is 1.58 bits per heavy atom. The second-order valence-corrected chi connectivity index (χ2v) is 2.12. The van der Waals surface area contributed by atoms with Gasteiger partial charge in [0.1, 0.15) is 6.54 Å². The summed E-state index contributed by atoms with van der Waals surface area (Å²) in [5, 5.41) is 6.83. The highest BCUT2D eigenvalue weighted by atomic mass is 16.5. The Morgan fingerprint density at radius 3 is 2.67 bits per heavy atom. The lowest BCUT2D eigenvalue weighted by Gasteiger charge is -1.94. The average molecular weight is 172 g/mol. The molecule has 0 saturated carbocycles. The molecule has 1 heterocycles. The summed E-state index contributed by atoms with van der Waals surface area (Å²) in [7, 11) is 2.69. The van der Waals surface area contributed by atoms with Crippen LogP contribution in [0.2, 0.25) is 0 Å². The highest BCUT2D eigenvalue weighted by Gasteiger charge is 2.07. The van der Waals surface area contributed by atoms with Crippen LogP contribution >= 0.6 is 0 Å². The van der Waals surface area contributed by atoms with Gasteiger partial charge < -0.3 is 4.74 Å². The van der Waals surface area contributed by atoms with Crippen LogP contribution in [0.3, 0.4) is 0 Å². The van der Waals surface area contributed by atoms with Crippen LogP contribution in [-0.4, -0.2) is 32.9 Å². The molecule has 0 fully saturated rings. The summed E-state index contributed by atoms with van der Waals surface area (Å²) in [6.07, 6.45) is 0. The van der Waals surface area contributed by atoms with E-state index in [0.717, 1.165) is 9.36 Å². The van der Waals surface area contributed by atoms with E-state index in [4.69, 9.17) is 0 Å². The molecule has 0 radical (unpaired) electrons. The number of aromatic nitrogens is 4. The fraction of sp³-hybridized carbons (Fsp3) is 0.600. The van der Waals surface area contributed by atoms with Crippen LogP contribution in [0.1, 0.15) is 0 Å². The molecule has 0 bridgehead atoms. The van der Waals surface area contributed by atoms with Gasteiger partial charge in [0.25, 0.3) is 0 Å². The van der Waals surface area contributed by atoms with Crippen molar-refractivity contribution in [1.29, 1.82) is 0 Å². The standard InChI is InChI=1S/C5H8N4O3/c1-8-5(11)9(7-6-8)3-4(10)12-2/h3H2,1-2H3. The fourth-order valence-electron chi connectivity index (χ4n) is 0.638. The van der Waals surface area contributed by atoms with Gasteiger partial charge in [0.2, 0.25) is 0 Å². The molecular weight excluding hydrogens is 164 g/mol. The molecule has 0 unspecified atom stereocenters. The number of methoxy groups -OCH3 is 1. The van der Waals surface area contributed by atoms with E-state index < -0.39 is 11.7 Å². The van der Waals surface area contributed by atoms with Crippen molar-refractivity contribution in [3.63, 3.8) is 0 Å². The second kappa shape index (κ2) is 3.16. The second-order valence-electron chi connectivity index (χ2n) is 2.12. The molecule has 12 heavy (non-hydrogen) atoms. The number of ether oxygens (including phenoxy) is 1. The van der Waals surface area contributed by atoms with Crippen molar-refractivity contribution in [1.82, 2.24) is 19.8 Å². The molecular formula is C5H8N4O3. The van der Waals surface area contributed by atoms with Gasteiger partial charge in [-0.25, -0.2) is 4.79 Å². The maximum absolute atomic E-state index is 11.0. The minimum Gasteiger partial charge on any atom is -0.468 e. The number of hydrogen-bond acceptors (Lipinski definition) is 5. The van der Waals surface area contributed by atoms with Crippen molar-refractivity contribution in [2.75, 3.05) is 7.11 Å². The Hall–Kier alpha value is -1.66. The molecule has 1 rings (SSSR count). The van der Waals surface area contributed by atoms with E-state index in [-0.39, 0.29) is 6.54 Å². The van der Waals surface area contributed by atoms with Crippen molar-refractivity contribution in [3.05, 3.63) is 10.5 Å². The van der Waals surface area contributed by atoms with E-state index in [1.54, 1.807) is 0 Å². The van der Waals surface area contributed by atoms with Crippen LogP contribution in [0.4, 0.5) is 0 Å². The lowest BCUT2D eigenvalue weighted by atomic mass is 10.7. The van der Waals surface area contributed by atoms with Crippen LogP contribution in [-0.2, 0) is 23.1 Å². The highest BCUT2D eigenvalue weighted by Crippen LogP contribution is 1.77. The SMILES string of the molecule is COC(=O)Cn1nnn(C)c1=O. The monoisotopic (exact) mass is 172 g/mol. The summed E-state index contributed by atoms with van der Waals surface area (Å²) in [4.78, 5) is 21.7. The van der Waals surface area contributed by atoms with E-state index in [0.29, 0.717) is 0 Å². The van der Waals surface area contributed by atoms with E-state index >= 15 is 0 Å². The molecule has 1 aromatic heterocycles. The minimum atomic E-state index is -0.530. The molecule has 66 valence electrons. The van der Waals surface area contributed by atoms with Gasteiger partial charge in [0, 0.05) is 7.05 Å². The molecule has 0 N–H and O–H groups in total. The third kappa shape index (κ3) is 1.49. The van der Waals surface area contributed by atoms with E-state index in [2.05, 4.69) is 15.2 Å². The van der Waals surface area contributed by atoms with Crippen molar-refractivity contribution in [2.24, 2.45) is 7.05 Å². The Kier molecular flexibility index (Phi) is 2.22. The van der Waals surface area contributed by atoms with Gasteiger partial charge in [-0.2, -0.15) is 9.36 Å². The summed E-state index contributed by atoms with van der Waals surface area (Å²) in [5.41, 5.74) is -0.444. The van der Waals surface area contributed by atoms with Crippen molar-refractivity contribution >= 4 is 5.97 Å². The van der Waals surface area contributed by atoms with Crippen LogP contribution in [0.5, 0.6) is 0 Å². The van der Waals surface area contributed by atoms with Crippen molar-refractivity contribution in [3.8, 4) is 0 Å². The molecule has 7 nitrogen and oxygen atoms in total. The van der Waals surface area contributed by atoms with Crippen LogP contribution in [0.15, 0.2) is 4.79 Å². The predicted molar refractivity (Wildman–Crippen MR) is 37.3 cm³/mol. The van der Waals surface area contributed by atoms with Crippen LogP contribution in [0, 0.1) is 0 Å². The van der Waals surface area contributed by atoms with E-state index in [1.807, 2.05) is 0 Å². The summed E-state index contributed by atoms with van der Waals surface area (Å²) in [6, 6.07) is 0. The molecule has 0 aliphatic carbocycles. The summed E-state index contributed by atoms with van der Waals surface area (Å²) in [6.45, 7) is -0.205. The number of hydrogen-bond donors (Lipinski definition) is 0. The summed E-state index contributed by atoms with van der Waals surface area (Å²) < 4.78 is 6.30. The predicted octanol–water partition coefficient (Wildman–Crippen LogP) is -1.85. The summed E-state index contributed by atoms with van der Waals surface area (Å²) in [5.74, 6) is -0.530. The highest BCUT2D eigenvalue weighted by molar-refractivity contribution is 5.68. The first-order chi connectivity index (χ1) is 5.65. The molecule has 0 spiro atoms. The normalized spacial score (nSPS) is 9.83. The van der Waals surface area contributed by atoms with Gasteiger partial charge >= 0.3 is 11.7 Å². The van der Waals surface area contributed by atoms with E-state index in [1.165, 1.54) is 14.2 Å². The molecule has 0 aliphatic rings. The molecule has 0 aliphatic heterocycles. The molecule has 0 saturated heterocycles. The fourth-order valence-corrected chi connectivity index (χ4v) is 0.638. The Balaban J connectivity index is 2.83. The quantitative estimate of drug-likeness (QED) is 0.489. The largest absolute Gasteiger partial charge is 0.468 e. The first-order valence-electron chi connectivity index (χ1n) is 3.18. The average Bonchev–Trinajstić information content (AvgIpc) is 2.36. The molecule has 0 atom stereocenters. The molecule has 0 amide bonds. The lowest BCUT2D eigenvalue weighted by molar-refractivity contribution is -0.141. The topological polar surface area (TPSA) is 79.0 Å². The zero-order valence-corrected chi connectivity index (χ0v) is 6.72. The molecule has 0 aromatic carbocycles. The smallest absolute Gasteiger partial charge is 0.363 e. The Morgan fingerprint density at radius 2 is 2.25 bits per heavy atom. The number of esters is 1. The zero-order chi connectivity index (χ0) is 9.14. The van der Waals surface area contributed by atoms with Gasteiger partial charge in [-0.3, -0.25) is 4.79 Å². The number of nitrogens with zero attached hydrogens (tertiary/aromatic N) is 4. The van der Waals surface area contributed by atoms with Gasteiger partial charge in [0.15, 0.2) is 0 Å². The Labute approximate surface area is 67.5 Å². The zero-order valence-electron chi connectivity index (χ0n) is 6.72. The van der Waals surface area contributed by atoms with Crippen LogP contribution < -0.4 is 5.69 Å². The molecule has 1 aromatic rings. The number of rotatable bonds is 2. The number of tetrazole rings is 1. The molecule has 7 heteroatoms. The Bertz CT molecular complexity index is 339. The maximum atomic E-state index is 11.0. The summed E-state index contributed by atoms with van der Waals surface area (Å²) >= 11 is 0. The van der Waals surface area contributed by atoms with Crippen LogP contribution in [0.25, 0.3) is 0 Å². The number of aryl methyl sites for hydroxylation is 1. The minimum absolute atomic E-state index is 0.205. The third-order valence-corrected chi connectivity index (χ3v) is 1.29. The third-order valence-electron chi connectivity index (χ3n) is 1.29. The first kappa shape index (κ1) is 8.44. The maximum Gasteiger partial charge on any atom is 0.363 e. The number of carbonyl (C=O) groups excluding carboxylic acids is 1. The van der Waals surface area contributed by atoms with Gasteiger partial charge in [0.05, 0.1) is 7.11 Å². The van der Waals surface area contributed by atoms with Crippen molar-refractivity contribution in [2.45, 2.75) is 6.54 Å². The van der Waals surface area contributed by atoms with E-state index in [9.17, 15) is 9.59 Å². The van der Waals surface area contributed by atoms with Gasteiger partial charge in [-0.15, -0.1) is 0 Å². The van der Waals surface area contributed by atoms with Gasteiger partial charge in [-0.1, -0.05) is 0 Å². The van der Waals surface area contributed by atoms with Gasteiger partial charge in [-0.05, 0) is 10.4 Å². The first-order valence-corrected chi connectivity index (χ1v) is 3.18. The van der Waals surface area contributed by atoms with Crippen molar-refractivity contribution < 1.29 is 9.53 Å². The lowest BCUT2D eigenvalue weighted by Crippen LogP contribution is -2.26.